The van der Waals surface area contributed by atoms with Gasteiger partial charge < -0.3 is 14.2 Å². The van der Waals surface area contributed by atoms with Crippen LogP contribution in [0.3, 0.4) is 0 Å². The van der Waals surface area contributed by atoms with Gasteiger partial charge in [-0.3, -0.25) is 14.6 Å². The van der Waals surface area contributed by atoms with E-state index in [-0.39, 0.29) is 11.8 Å². The molecule has 1 saturated heterocycles. The minimum Gasteiger partial charge on any atom is -0.459 e. The van der Waals surface area contributed by atoms with Crippen molar-refractivity contribution < 1.29 is 14.0 Å². The van der Waals surface area contributed by atoms with Crippen molar-refractivity contribution in [3.05, 3.63) is 48.4 Å². The van der Waals surface area contributed by atoms with Crippen molar-refractivity contribution in [2.45, 2.75) is 0 Å². The Kier molecular flexibility index (Phi) is 3.63. The summed E-state index contributed by atoms with van der Waals surface area (Å²) >= 11 is 0. The largest absolute Gasteiger partial charge is 0.459 e. The van der Waals surface area contributed by atoms with Crippen molar-refractivity contribution in [1.82, 2.24) is 19.8 Å². The van der Waals surface area contributed by atoms with Crippen LogP contribution in [-0.2, 0) is 0 Å². The highest BCUT2D eigenvalue weighted by Gasteiger charge is 2.26. The fourth-order valence-corrected chi connectivity index (χ4v) is 2.24. The Bertz CT molecular complexity index is 619. The summed E-state index contributed by atoms with van der Waals surface area (Å²) in [5.74, 6) is 0.0171. The monoisotopic (exact) mass is 286 g/mol. The van der Waals surface area contributed by atoms with Crippen LogP contribution in [0.5, 0.6) is 0 Å². The van der Waals surface area contributed by atoms with Gasteiger partial charge in [0.15, 0.2) is 5.76 Å². The van der Waals surface area contributed by atoms with E-state index in [1.165, 1.54) is 24.9 Å². The molecule has 0 unspecified atom stereocenters. The van der Waals surface area contributed by atoms with Gasteiger partial charge in [-0.1, -0.05) is 0 Å². The number of carbonyl (C=O) groups excluding carboxylic acids is 2. The Labute approximate surface area is 121 Å². The van der Waals surface area contributed by atoms with Crippen molar-refractivity contribution in [3.8, 4) is 0 Å². The Balaban J connectivity index is 1.60. The fourth-order valence-electron chi connectivity index (χ4n) is 2.24. The molecule has 0 atom stereocenters. The summed E-state index contributed by atoms with van der Waals surface area (Å²) in [4.78, 5) is 35.6. The number of amides is 2. The highest BCUT2D eigenvalue weighted by Crippen LogP contribution is 2.11. The van der Waals surface area contributed by atoms with Crippen LogP contribution >= 0.6 is 0 Å². The molecule has 1 aliphatic rings. The molecule has 21 heavy (non-hydrogen) atoms. The number of furan rings is 1. The zero-order valence-corrected chi connectivity index (χ0v) is 11.3. The average molecular weight is 286 g/mol. The predicted molar refractivity (Wildman–Crippen MR) is 72.5 cm³/mol. The Morgan fingerprint density at radius 2 is 1.76 bits per heavy atom. The highest BCUT2D eigenvalue weighted by atomic mass is 16.3. The number of rotatable bonds is 2. The Hall–Kier alpha value is -2.70. The molecular formula is C14H14N4O3. The van der Waals surface area contributed by atoms with Crippen LogP contribution in [0.2, 0.25) is 0 Å². The highest BCUT2D eigenvalue weighted by molar-refractivity contribution is 5.93. The number of nitrogens with zero attached hydrogens (tertiary/aromatic N) is 4. The second-order valence-electron chi connectivity index (χ2n) is 4.65. The first-order valence-corrected chi connectivity index (χ1v) is 6.64. The standard InChI is InChI=1S/C14H14N4O3/c19-13(11-10-15-3-4-16-11)17-5-7-18(8-6-17)14(20)12-2-1-9-21-12/h1-4,9-10H,5-8H2. The summed E-state index contributed by atoms with van der Waals surface area (Å²) in [6.07, 6.45) is 5.93. The average Bonchev–Trinajstić information content (AvgIpc) is 3.09. The van der Waals surface area contributed by atoms with Gasteiger partial charge in [0.2, 0.25) is 0 Å². The molecule has 0 radical (unpaired) electrons. The van der Waals surface area contributed by atoms with E-state index in [1.54, 1.807) is 21.9 Å². The van der Waals surface area contributed by atoms with Gasteiger partial charge in [0, 0.05) is 38.6 Å². The molecule has 2 amide bonds. The molecule has 7 heteroatoms. The maximum Gasteiger partial charge on any atom is 0.289 e. The first kappa shape index (κ1) is 13.3. The predicted octanol–water partition coefficient (Wildman–Crippen LogP) is 0.668. The fraction of sp³-hybridized carbons (Fsp3) is 0.286. The van der Waals surface area contributed by atoms with Gasteiger partial charge >= 0.3 is 0 Å². The number of piperazine rings is 1. The third-order valence-corrected chi connectivity index (χ3v) is 3.37. The molecule has 3 heterocycles. The summed E-state index contributed by atoms with van der Waals surface area (Å²) in [7, 11) is 0. The molecule has 3 rings (SSSR count). The molecule has 0 bridgehead atoms. The van der Waals surface area contributed by atoms with Crippen LogP contribution < -0.4 is 0 Å². The zero-order chi connectivity index (χ0) is 14.7. The minimum absolute atomic E-state index is 0.147. The van der Waals surface area contributed by atoms with Crippen LogP contribution in [0.1, 0.15) is 21.0 Å². The summed E-state index contributed by atoms with van der Waals surface area (Å²) in [6.45, 7) is 1.90. The minimum atomic E-state index is -0.159. The lowest BCUT2D eigenvalue weighted by molar-refractivity contribution is 0.0515. The van der Waals surface area contributed by atoms with Crippen LogP contribution in [0.4, 0.5) is 0 Å². The molecular weight excluding hydrogens is 272 g/mol. The van der Waals surface area contributed by atoms with Gasteiger partial charge in [0.05, 0.1) is 12.5 Å². The number of carbonyl (C=O) groups is 2. The molecule has 0 aromatic carbocycles. The van der Waals surface area contributed by atoms with Crippen LogP contribution in [0, 0.1) is 0 Å². The topological polar surface area (TPSA) is 79.5 Å². The van der Waals surface area contributed by atoms with E-state index in [2.05, 4.69) is 9.97 Å². The SMILES string of the molecule is O=C(c1cnccn1)N1CCN(C(=O)c2ccco2)CC1. The van der Waals surface area contributed by atoms with Gasteiger partial charge in [0.1, 0.15) is 5.69 Å². The molecule has 2 aromatic rings. The molecule has 0 N–H and O–H groups in total. The Morgan fingerprint density at radius 3 is 2.33 bits per heavy atom. The van der Waals surface area contributed by atoms with Gasteiger partial charge in [-0.05, 0) is 12.1 Å². The maximum absolute atomic E-state index is 12.2. The summed E-state index contributed by atoms with van der Waals surface area (Å²) in [5.41, 5.74) is 0.323. The van der Waals surface area contributed by atoms with Crippen LogP contribution in [0.25, 0.3) is 0 Å². The molecule has 1 fully saturated rings. The molecule has 0 saturated carbocycles. The van der Waals surface area contributed by atoms with E-state index >= 15 is 0 Å². The molecule has 108 valence electrons. The van der Waals surface area contributed by atoms with E-state index < -0.39 is 0 Å². The normalized spacial score (nSPS) is 15.0. The Morgan fingerprint density at radius 1 is 1.05 bits per heavy atom. The van der Waals surface area contributed by atoms with E-state index in [9.17, 15) is 9.59 Å². The maximum atomic E-state index is 12.2. The third-order valence-electron chi connectivity index (χ3n) is 3.37. The quantitative estimate of drug-likeness (QED) is 0.810. The van der Waals surface area contributed by atoms with Crippen LogP contribution in [0.15, 0.2) is 41.4 Å². The number of aromatic nitrogens is 2. The molecule has 0 aliphatic carbocycles. The van der Waals surface area contributed by atoms with Gasteiger partial charge in [0.25, 0.3) is 11.8 Å². The number of hydrogen-bond acceptors (Lipinski definition) is 5. The second-order valence-corrected chi connectivity index (χ2v) is 4.65. The van der Waals surface area contributed by atoms with E-state index in [4.69, 9.17) is 4.42 Å². The summed E-state index contributed by atoms with van der Waals surface area (Å²) < 4.78 is 5.10. The summed E-state index contributed by atoms with van der Waals surface area (Å²) in [6, 6.07) is 3.32. The van der Waals surface area contributed by atoms with E-state index in [0.717, 1.165) is 0 Å². The van der Waals surface area contributed by atoms with Crippen molar-refractivity contribution >= 4 is 11.8 Å². The van der Waals surface area contributed by atoms with E-state index in [0.29, 0.717) is 37.6 Å². The molecule has 2 aromatic heterocycles. The van der Waals surface area contributed by atoms with Gasteiger partial charge in [-0.25, -0.2) is 4.98 Å². The summed E-state index contributed by atoms with van der Waals surface area (Å²) in [5, 5.41) is 0. The second kappa shape index (κ2) is 5.74. The lowest BCUT2D eigenvalue weighted by Crippen LogP contribution is -2.50. The number of hydrogen-bond donors (Lipinski definition) is 0. The van der Waals surface area contributed by atoms with Crippen molar-refractivity contribution in [2.75, 3.05) is 26.2 Å². The lowest BCUT2D eigenvalue weighted by atomic mass is 10.2. The molecule has 0 spiro atoms. The third kappa shape index (κ3) is 2.76. The van der Waals surface area contributed by atoms with Crippen molar-refractivity contribution in [2.24, 2.45) is 0 Å². The smallest absolute Gasteiger partial charge is 0.289 e. The zero-order valence-electron chi connectivity index (χ0n) is 11.3. The van der Waals surface area contributed by atoms with Gasteiger partial charge in [-0.2, -0.15) is 0 Å². The molecule has 7 nitrogen and oxygen atoms in total. The van der Waals surface area contributed by atoms with Crippen molar-refractivity contribution in [1.29, 1.82) is 0 Å². The van der Waals surface area contributed by atoms with Gasteiger partial charge in [-0.15, -0.1) is 0 Å². The lowest BCUT2D eigenvalue weighted by Gasteiger charge is -2.34. The first-order chi connectivity index (χ1) is 10.3. The molecule has 1 aliphatic heterocycles. The van der Waals surface area contributed by atoms with Crippen LogP contribution in [-0.4, -0.2) is 57.8 Å². The van der Waals surface area contributed by atoms with E-state index in [1.807, 2.05) is 0 Å². The first-order valence-electron chi connectivity index (χ1n) is 6.64. The van der Waals surface area contributed by atoms with Crippen molar-refractivity contribution in [3.63, 3.8) is 0 Å².